The molecule has 0 atom stereocenters. The van der Waals surface area contributed by atoms with E-state index >= 15 is 0 Å². The van der Waals surface area contributed by atoms with E-state index in [0.29, 0.717) is 23.7 Å². The molecule has 1 aromatic heterocycles. The van der Waals surface area contributed by atoms with Crippen molar-refractivity contribution in [3.63, 3.8) is 0 Å². The number of esters is 1. The second-order valence-corrected chi connectivity index (χ2v) is 4.99. The van der Waals surface area contributed by atoms with E-state index in [1.807, 2.05) is 0 Å². The Hall–Kier alpha value is -1.78. The largest absolute Gasteiger partial charge is 0.462 e. The van der Waals surface area contributed by atoms with Crippen LogP contribution in [0.3, 0.4) is 0 Å². The van der Waals surface area contributed by atoms with Crippen molar-refractivity contribution < 1.29 is 9.53 Å². The number of nitrogens with zero attached hydrogens (tertiary/aromatic N) is 1. The Morgan fingerprint density at radius 3 is 2.79 bits per heavy atom. The van der Waals surface area contributed by atoms with Crippen LogP contribution in [-0.2, 0) is 4.74 Å². The Morgan fingerprint density at radius 1 is 1.53 bits per heavy atom. The molecule has 0 unspecified atom stereocenters. The third kappa shape index (κ3) is 2.80. The molecule has 19 heavy (non-hydrogen) atoms. The number of aromatic nitrogens is 1. The lowest BCUT2D eigenvalue weighted by molar-refractivity contribution is 0.0527. The van der Waals surface area contributed by atoms with E-state index in [0.717, 1.165) is 19.3 Å². The zero-order valence-corrected chi connectivity index (χ0v) is 11.5. The Labute approximate surface area is 113 Å². The zero-order chi connectivity index (χ0) is 13.9. The van der Waals surface area contributed by atoms with Gasteiger partial charge in [0.1, 0.15) is 5.82 Å². The highest BCUT2D eigenvalue weighted by molar-refractivity contribution is 5.95. The van der Waals surface area contributed by atoms with E-state index in [2.05, 4.69) is 17.2 Å². The standard InChI is InChI=1S/C14H21N3O2/c1-3-14(6-5-7-14)17-12-8-10(11(15)9-16-12)13(18)19-4-2/h8-9H,3-7,15H2,1-2H3,(H,16,17). The average molecular weight is 263 g/mol. The first-order valence-electron chi connectivity index (χ1n) is 6.81. The van der Waals surface area contributed by atoms with Gasteiger partial charge in [-0.1, -0.05) is 6.92 Å². The van der Waals surface area contributed by atoms with Crippen molar-refractivity contribution in [3.05, 3.63) is 17.8 Å². The van der Waals surface area contributed by atoms with E-state index in [-0.39, 0.29) is 5.54 Å². The summed E-state index contributed by atoms with van der Waals surface area (Å²) in [5, 5.41) is 3.43. The number of ether oxygens (including phenoxy) is 1. The van der Waals surface area contributed by atoms with Gasteiger partial charge in [0, 0.05) is 5.54 Å². The first-order valence-corrected chi connectivity index (χ1v) is 6.81. The SMILES string of the molecule is CCOC(=O)c1cc(NC2(CC)CCC2)ncc1N. The Balaban J connectivity index is 2.18. The molecule has 0 aromatic carbocycles. The summed E-state index contributed by atoms with van der Waals surface area (Å²) in [6, 6.07) is 1.68. The third-order valence-electron chi connectivity index (χ3n) is 3.81. The summed E-state index contributed by atoms with van der Waals surface area (Å²) in [7, 11) is 0. The monoisotopic (exact) mass is 263 g/mol. The van der Waals surface area contributed by atoms with Gasteiger partial charge in [0.05, 0.1) is 24.1 Å². The summed E-state index contributed by atoms with van der Waals surface area (Å²) in [6.45, 7) is 4.27. The van der Waals surface area contributed by atoms with Gasteiger partial charge in [0.15, 0.2) is 0 Å². The molecule has 5 nitrogen and oxygen atoms in total. The minimum atomic E-state index is -0.399. The van der Waals surface area contributed by atoms with E-state index in [1.165, 1.54) is 12.6 Å². The molecule has 1 aromatic rings. The highest BCUT2D eigenvalue weighted by Crippen LogP contribution is 2.37. The molecule has 104 valence electrons. The summed E-state index contributed by atoms with van der Waals surface area (Å²) in [4.78, 5) is 16.0. The van der Waals surface area contributed by atoms with Crippen molar-refractivity contribution >= 4 is 17.5 Å². The summed E-state index contributed by atoms with van der Waals surface area (Å²) in [6.07, 6.45) is 6.08. The average Bonchev–Trinajstić information content (AvgIpc) is 2.36. The lowest BCUT2D eigenvalue weighted by Crippen LogP contribution is -2.44. The van der Waals surface area contributed by atoms with Gasteiger partial charge >= 0.3 is 5.97 Å². The molecule has 3 N–H and O–H groups in total. The molecule has 1 aliphatic carbocycles. The highest BCUT2D eigenvalue weighted by Gasteiger charge is 2.35. The summed E-state index contributed by atoms with van der Waals surface area (Å²) in [5.74, 6) is 0.295. The molecule has 0 aliphatic heterocycles. The maximum absolute atomic E-state index is 11.8. The van der Waals surface area contributed by atoms with Crippen LogP contribution in [0, 0.1) is 0 Å². The molecule has 1 aliphatic rings. The number of rotatable bonds is 5. The van der Waals surface area contributed by atoms with E-state index in [9.17, 15) is 4.79 Å². The van der Waals surface area contributed by atoms with Crippen LogP contribution in [0.5, 0.6) is 0 Å². The van der Waals surface area contributed by atoms with Crippen molar-refractivity contribution in [1.82, 2.24) is 4.98 Å². The predicted octanol–water partition coefficient (Wildman–Crippen LogP) is 2.59. The van der Waals surface area contributed by atoms with Gasteiger partial charge in [0.25, 0.3) is 0 Å². The number of anilines is 2. The number of carbonyl (C=O) groups is 1. The van der Waals surface area contributed by atoms with Gasteiger partial charge in [-0.15, -0.1) is 0 Å². The van der Waals surface area contributed by atoms with E-state index in [1.54, 1.807) is 13.0 Å². The fraction of sp³-hybridized carbons (Fsp3) is 0.571. The molecule has 0 amide bonds. The lowest BCUT2D eigenvalue weighted by Gasteiger charge is -2.42. The molecule has 2 rings (SSSR count). The topological polar surface area (TPSA) is 77.2 Å². The Kier molecular flexibility index (Phi) is 3.93. The van der Waals surface area contributed by atoms with Crippen molar-refractivity contribution in [2.75, 3.05) is 17.7 Å². The van der Waals surface area contributed by atoms with Crippen LogP contribution in [-0.4, -0.2) is 23.1 Å². The number of nitrogens with one attached hydrogen (secondary N) is 1. The van der Waals surface area contributed by atoms with Gasteiger partial charge in [-0.05, 0) is 38.7 Å². The maximum Gasteiger partial charge on any atom is 0.340 e. The first kappa shape index (κ1) is 13.6. The first-order chi connectivity index (χ1) is 9.10. The minimum absolute atomic E-state index is 0.134. The quantitative estimate of drug-likeness (QED) is 0.798. The Bertz CT molecular complexity index is 464. The van der Waals surface area contributed by atoms with Crippen molar-refractivity contribution in [2.24, 2.45) is 0 Å². The maximum atomic E-state index is 11.8. The lowest BCUT2D eigenvalue weighted by atomic mass is 9.75. The van der Waals surface area contributed by atoms with Crippen molar-refractivity contribution in [3.8, 4) is 0 Å². The second kappa shape index (κ2) is 5.47. The van der Waals surface area contributed by atoms with Crippen LogP contribution in [0.1, 0.15) is 49.9 Å². The number of hydrogen-bond acceptors (Lipinski definition) is 5. The van der Waals surface area contributed by atoms with Gasteiger partial charge in [-0.25, -0.2) is 9.78 Å². The highest BCUT2D eigenvalue weighted by atomic mass is 16.5. The van der Waals surface area contributed by atoms with Gasteiger partial charge in [-0.3, -0.25) is 0 Å². The van der Waals surface area contributed by atoms with E-state index < -0.39 is 5.97 Å². The molecule has 1 saturated carbocycles. The molecule has 1 heterocycles. The molecule has 0 spiro atoms. The van der Waals surface area contributed by atoms with Gasteiger partial charge in [-0.2, -0.15) is 0 Å². The van der Waals surface area contributed by atoms with Crippen molar-refractivity contribution in [2.45, 2.75) is 45.1 Å². The number of nitrogens with two attached hydrogens (primary N) is 1. The van der Waals surface area contributed by atoms with Crippen LogP contribution >= 0.6 is 0 Å². The summed E-state index contributed by atoms with van der Waals surface area (Å²) >= 11 is 0. The molecule has 0 saturated heterocycles. The van der Waals surface area contributed by atoms with Gasteiger partial charge in [0.2, 0.25) is 0 Å². The second-order valence-electron chi connectivity index (χ2n) is 4.99. The van der Waals surface area contributed by atoms with Gasteiger partial charge < -0.3 is 15.8 Å². The molecule has 5 heteroatoms. The number of carbonyl (C=O) groups excluding carboxylic acids is 1. The fourth-order valence-electron chi connectivity index (χ4n) is 2.36. The minimum Gasteiger partial charge on any atom is -0.462 e. The predicted molar refractivity (Wildman–Crippen MR) is 75.1 cm³/mol. The normalized spacial score (nSPS) is 16.5. The fourth-order valence-corrected chi connectivity index (χ4v) is 2.36. The molecular weight excluding hydrogens is 242 g/mol. The number of pyridine rings is 1. The van der Waals surface area contributed by atoms with Crippen LogP contribution in [0.15, 0.2) is 12.3 Å². The molecule has 0 radical (unpaired) electrons. The summed E-state index contributed by atoms with van der Waals surface area (Å²) in [5.41, 5.74) is 6.64. The van der Waals surface area contributed by atoms with Crippen LogP contribution in [0.4, 0.5) is 11.5 Å². The molecule has 1 fully saturated rings. The molecule has 0 bridgehead atoms. The van der Waals surface area contributed by atoms with Crippen molar-refractivity contribution in [1.29, 1.82) is 0 Å². The Morgan fingerprint density at radius 2 is 2.26 bits per heavy atom. The number of hydrogen-bond donors (Lipinski definition) is 2. The van der Waals surface area contributed by atoms with Crippen LogP contribution in [0.25, 0.3) is 0 Å². The van der Waals surface area contributed by atoms with Crippen LogP contribution < -0.4 is 11.1 Å². The zero-order valence-electron chi connectivity index (χ0n) is 11.5. The smallest absolute Gasteiger partial charge is 0.340 e. The summed E-state index contributed by atoms with van der Waals surface area (Å²) < 4.78 is 4.99. The number of nitrogen functional groups attached to an aromatic ring is 1. The third-order valence-corrected chi connectivity index (χ3v) is 3.81. The van der Waals surface area contributed by atoms with E-state index in [4.69, 9.17) is 10.5 Å². The van der Waals surface area contributed by atoms with Crippen LogP contribution in [0.2, 0.25) is 0 Å². The molecular formula is C14H21N3O2.